The number of para-hydroxylation sites is 1. The van der Waals surface area contributed by atoms with Gasteiger partial charge in [0, 0.05) is 33.2 Å². The lowest BCUT2D eigenvalue weighted by molar-refractivity contribution is 1.18. The van der Waals surface area contributed by atoms with Gasteiger partial charge in [-0.25, -0.2) is 0 Å². The normalized spacial score (nSPS) is 11.3. The molecule has 0 saturated heterocycles. The summed E-state index contributed by atoms with van der Waals surface area (Å²) in [7, 11) is 0. The fourth-order valence-corrected chi connectivity index (χ4v) is 11.5. The number of nitrogens with zero attached hydrogens (tertiary/aromatic N) is 2. The molecule has 1 heterocycles. The maximum Gasteiger partial charge on any atom is 0.0541 e. The van der Waals surface area contributed by atoms with Crippen LogP contribution in [0, 0.1) is 0 Å². The van der Waals surface area contributed by atoms with Gasteiger partial charge in [0.05, 0.1) is 16.7 Å². The predicted molar refractivity (Wildman–Crippen MR) is 331 cm³/mol. The van der Waals surface area contributed by atoms with Gasteiger partial charge in [0.1, 0.15) is 0 Å². The van der Waals surface area contributed by atoms with Crippen LogP contribution < -0.4 is 4.90 Å². The molecule has 14 aromatic rings. The van der Waals surface area contributed by atoms with Gasteiger partial charge in [-0.2, -0.15) is 0 Å². The number of benzene rings is 13. The van der Waals surface area contributed by atoms with Crippen molar-refractivity contribution < 1.29 is 0 Å². The number of fused-ring (bicyclic) bond motifs is 4. The molecule has 0 aliphatic rings. The van der Waals surface area contributed by atoms with E-state index in [1.54, 1.807) is 0 Å². The second kappa shape index (κ2) is 20.1. The Bertz CT molecular complexity index is 4340. The number of anilines is 3. The van der Waals surface area contributed by atoms with Crippen molar-refractivity contribution in [1.29, 1.82) is 0 Å². The Morgan fingerprint density at radius 3 is 1.22 bits per heavy atom. The van der Waals surface area contributed by atoms with Crippen LogP contribution in [0.2, 0.25) is 0 Å². The molecule has 0 radical (unpaired) electrons. The van der Waals surface area contributed by atoms with Crippen LogP contribution in [-0.2, 0) is 0 Å². The number of hydrogen-bond donors (Lipinski definition) is 0. The highest BCUT2D eigenvalue weighted by atomic mass is 15.1. The smallest absolute Gasteiger partial charge is 0.0541 e. The van der Waals surface area contributed by atoms with E-state index >= 15 is 0 Å². The Morgan fingerprint density at radius 1 is 0.218 bits per heavy atom. The third-order valence-corrected chi connectivity index (χ3v) is 15.4. The van der Waals surface area contributed by atoms with Crippen molar-refractivity contribution in [2.45, 2.75) is 0 Å². The van der Waals surface area contributed by atoms with E-state index in [-0.39, 0.29) is 0 Å². The molecule has 1 aromatic heterocycles. The van der Waals surface area contributed by atoms with Crippen LogP contribution in [0.3, 0.4) is 0 Å². The zero-order chi connectivity index (χ0) is 51.8. The average Bonchev–Trinajstić information content (AvgIpc) is 4.08. The van der Waals surface area contributed by atoms with Crippen LogP contribution >= 0.6 is 0 Å². The van der Waals surface area contributed by atoms with Crippen molar-refractivity contribution in [3.05, 3.63) is 315 Å². The van der Waals surface area contributed by atoms with Gasteiger partial charge >= 0.3 is 0 Å². The van der Waals surface area contributed by atoms with Gasteiger partial charge in [0.15, 0.2) is 0 Å². The lowest BCUT2D eigenvalue weighted by Gasteiger charge is -2.27. The van der Waals surface area contributed by atoms with Crippen LogP contribution in [-0.4, -0.2) is 4.57 Å². The van der Waals surface area contributed by atoms with Gasteiger partial charge in [0.25, 0.3) is 0 Å². The summed E-state index contributed by atoms with van der Waals surface area (Å²) in [6.07, 6.45) is 0. The first kappa shape index (κ1) is 46.3. The van der Waals surface area contributed by atoms with E-state index in [0.717, 1.165) is 50.5 Å². The fraction of sp³-hybridized carbons (Fsp3) is 0. The minimum Gasteiger partial charge on any atom is -0.310 e. The van der Waals surface area contributed by atoms with E-state index in [1.165, 1.54) is 82.7 Å². The van der Waals surface area contributed by atoms with E-state index in [4.69, 9.17) is 0 Å². The Morgan fingerprint density at radius 2 is 0.628 bits per heavy atom. The first-order valence-electron chi connectivity index (χ1n) is 26.8. The number of hydrogen-bond acceptors (Lipinski definition) is 1. The van der Waals surface area contributed by atoms with Crippen molar-refractivity contribution in [3.8, 4) is 83.6 Å². The summed E-state index contributed by atoms with van der Waals surface area (Å²) in [5, 5.41) is 4.82. The molecule has 366 valence electrons. The van der Waals surface area contributed by atoms with Crippen LogP contribution in [0.4, 0.5) is 17.1 Å². The Labute approximate surface area is 455 Å². The van der Waals surface area contributed by atoms with Crippen molar-refractivity contribution in [3.63, 3.8) is 0 Å². The highest BCUT2D eigenvalue weighted by Gasteiger charge is 2.20. The quantitative estimate of drug-likeness (QED) is 0.125. The van der Waals surface area contributed by atoms with Crippen LogP contribution in [0.15, 0.2) is 315 Å². The molecule has 2 nitrogen and oxygen atoms in total. The molecule has 0 unspecified atom stereocenters. The van der Waals surface area contributed by atoms with Gasteiger partial charge in [-0.15, -0.1) is 0 Å². The molecule has 0 amide bonds. The summed E-state index contributed by atoms with van der Waals surface area (Å²) in [6.45, 7) is 0. The molecule has 78 heavy (non-hydrogen) atoms. The van der Waals surface area contributed by atoms with Gasteiger partial charge in [-0.3, -0.25) is 0 Å². The summed E-state index contributed by atoms with van der Waals surface area (Å²) in [6, 6.07) is 115. The molecule has 0 saturated carbocycles. The summed E-state index contributed by atoms with van der Waals surface area (Å²) in [4.78, 5) is 2.41. The molecule has 0 fully saturated rings. The summed E-state index contributed by atoms with van der Waals surface area (Å²) in [5.74, 6) is 0. The van der Waals surface area contributed by atoms with Gasteiger partial charge in [-0.05, 0) is 150 Å². The molecule has 0 spiro atoms. The standard InChI is InChI=1S/C76H52N2/c1-4-18-53(19-5-1)56-34-38-59(39-35-56)64-48-65(60-40-36-57(37-41-60)54-20-6-2-7-21-54)51-68(50-64)78-75-32-15-14-31-72(75)73-52-63(44-47-76(73)78)70-29-13-12-28-69(70)62-26-16-27-67(49-62)77(74-33-17-25-61-24-10-11-30-71(61)74)66-45-42-58(43-46-66)55-22-8-3-9-23-55/h1-52H. The third kappa shape index (κ3) is 8.72. The third-order valence-electron chi connectivity index (χ3n) is 15.4. The highest BCUT2D eigenvalue weighted by molar-refractivity contribution is 6.11. The summed E-state index contributed by atoms with van der Waals surface area (Å²) >= 11 is 0. The maximum absolute atomic E-state index is 2.46. The van der Waals surface area contributed by atoms with Crippen molar-refractivity contribution in [2.75, 3.05) is 4.90 Å². The fourth-order valence-electron chi connectivity index (χ4n) is 11.5. The second-order valence-electron chi connectivity index (χ2n) is 20.1. The van der Waals surface area contributed by atoms with Gasteiger partial charge < -0.3 is 9.47 Å². The highest BCUT2D eigenvalue weighted by Crippen LogP contribution is 2.44. The average molecular weight is 993 g/mol. The number of rotatable bonds is 11. The molecule has 0 atom stereocenters. The van der Waals surface area contributed by atoms with Crippen molar-refractivity contribution in [2.24, 2.45) is 0 Å². The monoisotopic (exact) mass is 992 g/mol. The Balaban J connectivity index is 0.878. The molecule has 13 aromatic carbocycles. The minimum atomic E-state index is 1.09. The summed E-state index contributed by atoms with van der Waals surface area (Å²) < 4.78 is 2.46. The molecular weight excluding hydrogens is 941 g/mol. The molecule has 0 aliphatic carbocycles. The lowest BCUT2D eigenvalue weighted by Crippen LogP contribution is -2.10. The zero-order valence-corrected chi connectivity index (χ0v) is 42.9. The van der Waals surface area contributed by atoms with Gasteiger partial charge in [-0.1, -0.05) is 249 Å². The van der Waals surface area contributed by atoms with Crippen LogP contribution in [0.1, 0.15) is 0 Å². The first-order chi connectivity index (χ1) is 38.7. The molecule has 14 rings (SSSR count). The lowest BCUT2D eigenvalue weighted by atomic mass is 9.93. The maximum atomic E-state index is 2.46. The first-order valence-corrected chi connectivity index (χ1v) is 26.8. The largest absolute Gasteiger partial charge is 0.310 e. The van der Waals surface area contributed by atoms with Crippen LogP contribution in [0.5, 0.6) is 0 Å². The minimum absolute atomic E-state index is 1.09. The molecule has 0 bridgehead atoms. The molecule has 2 heteroatoms. The molecular formula is C76H52N2. The second-order valence-corrected chi connectivity index (χ2v) is 20.1. The van der Waals surface area contributed by atoms with Crippen LogP contribution in [0.25, 0.3) is 116 Å². The Kier molecular flexibility index (Phi) is 11.9. The van der Waals surface area contributed by atoms with Crippen molar-refractivity contribution >= 4 is 49.6 Å². The zero-order valence-electron chi connectivity index (χ0n) is 42.9. The van der Waals surface area contributed by atoms with E-state index in [2.05, 4.69) is 325 Å². The van der Waals surface area contributed by atoms with E-state index in [0.29, 0.717) is 0 Å². The van der Waals surface area contributed by atoms with Gasteiger partial charge in [0.2, 0.25) is 0 Å². The predicted octanol–water partition coefficient (Wildman–Crippen LogP) is 21.1. The Hall–Kier alpha value is -10.3. The molecule has 0 N–H and O–H groups in total. The SMILES string of the molecule is c1ccc(-c2ccc(-c3cc(-c4ccc(-c5ccccc5)cc4)cc(-n4c5ccccc5c5cc(-c6ccccc6-c6cccc(N(c7ccc(-c8ccccc8)cc7)c7cccc8ccccc78)c6)ccc54)c3)cc2)cc1. The topological polar surface area (TPSA) is 8.17 Å². The molecule has 0 aliphatic heterocycles. The van der Waals surface area contributed by atoms with E-state index < -0.39 is 0 Å². The van der Waals surface area contributed by atoms with Crippen molar-refractivity contribution in [1.82, 2.24) is 4.57 Å². The van der Waals surface area contributed by atoms with E-state index in [9.17, 15) is 0 Å². The number of aromatic nitrogens is 1. The summed E-state index contributed by atoms with van der Waals surface area (Å²) in [5.41, 5.74) is 23.3. The van der Waals surface area contributed by atoms with E-state index in [1.807, 2.05) is 0 Å².